The lowest BCUT2D eigenvalue weighted by Crippen LogP contribution is -2.33. The summed E-state index contributed by atoms with van der Waals surface area (Å²) in [7, 11) is 0. The number of hydrogen-bond donors (Lipinski definition) is 2. The van der Waals surface area contributed by atoms with Crippen LogP contribution in [0.3, 0.4) is 0 Å². The van der Waals surface area contributed by atoms with Gasteiger partial charge in [-0.3, -0.25) is 9.78 Å². The Labute approximate surface area is 171 Å². The minimum absolute atomic E-state index is 0.105. The minimum Gasteiger partial charge on any atom is -0.378 e. The Balaban J connectivity index is 1.71. The van der Waals surface area contributed by atoms with Crippen molar-refractivity contribution in [2.24, 2.45) is 0 Å². The van der Waals surface area contributed by atoms with E-state index in [0.29, 0.717) is 11.2 Å². The highest BCUT2D eigenvalue weighted by Gasteiger charge is 2.21. The lowest BCUT2D eigenvalue weighted by molar-refractivity contribution is 0.146. The summed E-state index contributed by atoms with van der Waals surface area (Å²) in [5.74, 6) is -0.905. The molecule has 2 N–H and O–H groups in total. The molecule has 2 aromatic heterocycles. The third-order valence-corrected chi connectivity index (χ3v) is 5.64. The molecule has 0 bridgehead atoms. The van der Waals surface area contributed by atoms with Crippen LogP contribution in [0.4, 0.5) is 18.9 Å². The van der Waals surface area contributed by atoms with Gasteiger partial charge in [-0.15, -0.1) is 0 Å². The van der Waals surface area contributed by atoms with Crippen LogP contribution in [-0.2, 0) is 0 Å². The maximum atomic E-state index is 14.6. The highest BCUT2D eigenvalue weighted by Crippen LogP contribution is 2.31. The third-order valence-electron chi connectivity index (χ3n) is 5.64. The van der Waals surface area contributed by atoms with Gasteiger partial charge in [0.2, 0.25) is 0 Å². The lowest BCUT2D eigenvalue weighted by atomic mass is 10.0. The number of fused-ring (bicyclic) bond motifs is 1. The fourth-order valence-corrected chi connectivity index (χ4v) is 4.01. The fourth-order valence-electron chi connectivity index (χ4n) is 4.01. The Kier molecular flexibility index (Phi) is 5.76. The van der Waals surface area contributed by atoms with Crippen molar-refractivity contribution in [3.05, 3.63) is 70.0 Å². The molecule has 1 fully saturated rings. The van der Waals surface area contributed by atoms with Gasteiger partial charge in [0, 0.05) is 41.1 Å². The first kappa shape index (κ1) is 20.4. The SMILES string of the molecule is C[C@@H](Nc1ccnc2cc(=O)n(C3CCNCC3)cc12)c1cccc(C(F)F)c1F. The molecule has 0 unspecified atom stereocenters. The van der Waals surface area contributed by atoms with E-state index in [4.69, 9.17) is 0 Å². The molecule has 3 heterocycles. The number of aromatic nitrogens is 2. The second kappa shape index (κ2) is 8.47. The Hall–Kier alpha value is -2.87. The Morgan fingerprint density at radius 2 is 1.93 bits per heavy atom. The van der Waals surface area contributed by atoms with E-state index in [9.17, 15) is 18.0 Å². The van der Waals surface area contributed by atoms with Gasteiger partial charge < -0.3 is 15.2 Å². The van der Waals surface area contributed by atoms with Crippen LogP contribution in [0, 0.1) is 5.82 Å². The molecule has 8 heteroatoms. The van der Waals surface area contributed by atoms with E-state index in [0.717, 1.165) is 37.4 Å². The van der Waals surface area contributed by atoms with Crippen molar-refractivity contribution < 1.29 is 13.2 Å². The van der Waals surface area contributed by atoms with Gasteiger partial charge in [-0.25, -0.2) is 13.2 Å². The number of pyridine rings is 2. The van der Waals surface area contributed by atoms with Crippen molar-refractivity contribution in [2.75, 3.05) is 18.4 Å². The first-order valence-electron chi connectivity index (χ1n) is 10.0. The zero-order chi connectivity index (χ0) is 21.3. The Bertz CT molecular complexity index is 1110. The standard InChI is InChI=1S/C22H23F3N4O/c1-13(15-3-2-4-16(21(15)23)22(24)25)28-18-7-10-27-19-11-20(30)29(12-17(18)19)14-5-8-26-9-6-14/h2-4,7,10-14,22,26,28H,5-6,8-9H2,1H3/t13-/m1/s1. The van der Waals surface area contributed by atoms with Crippen LogP contribution < -0.4 is 16.2 Å². The smallest absolute Gasteiger partial charge is 0.266 e. The maximum Gasteiger partial charge on any atom is 0.266 e. The second-order valence-electron chi connectivity index (χ2n) is 7.57. The van der Waals surface area contributed by atoms with E-state index >= 15 is 0 Å². The number of nitrogens with one attached hydrogen (secondary N) is 2. The number of hydrogen-bond acceptors (Lipinski definition) is 4. The van der Waals surface area contributed by atoms with Gasteiger partial charge in [-0.05, 0) is 38.9 Å². The number of halogens is 3. The van der Waals surface area contributed by atoms with Gasteiger partial charge >= 0.3 is 0 Å². The second-order valence-corrected chi connectivity index (χ2v) is 7.57. The number of piperidine rings is 1. The summed E-state index contributed by atoms with van der Waals surface area (Å²) in [6.07, 6.45) is 2.20. The van der Waals surface area contributed by atoms with E-state index in [-0.39, 0.29) is 17.2 Å². The topological polar surface area (TPSA) is 59.0 Å². The summed E-state index contributed by atoms with van der Waals surface area (Å²) >= 11 is 0. The molecule has 3 aromatic rings. The Morgan fingerprint density at radius 1 is 1.20 bits per heavy atom. The van der Waals surface area contributed by atoms with Crippen LogP contribution in [0.2, 0.25) is 0 Å². The molecule has 0 amide bonds. The number of benzene rings is 1. The fraction of sp³-hybridized carbons (Fsp3) is 0.364. The molecular weight excluding hydrogens is 393 g/mol. The highest BCUT2D eigenvalue weighted by molar-refractivity contribution is 5.90. The van der Waals surface area contributed by atoms with Gasteiger partial charge in [0.1, 0.15) is 5.82 Å². The summed E-state index contributed by atoms with van der Waals surface area (Å²) in [4.78, 5) is 16.9. The summed E-state index contributed by atoms with van der Waals surface area (Å²) < 4.78 is 42.4. The molecule has 0 spiro atoms. The van der Waals surface area contributed by atoms with Crippen LogP contribution in [0.25, 0.3) is 10.9 Å². The molecule has 1 atom stereocenters. The van der Waals surface area contributed by atoms with E-state index in [2.05, 4.69) is 15.6 Å². The molecular formula is C22H23F3N4O. The average Bonchev–Trinajstić information content (AvgIpc) is 2.74. The van der Waals surface area contributed by atoms with Crippen molar-refractivity contribution in [1.29, 1.82) is 0 Å². The molecule has 1 aromatic carbocycles. The average molecular weight is 416 g/mol. The van der Waals surface area contributed by atoms with Crippen LogP contribution >= 0.6 is 0 Å². The third kappa shape index (κ3) is 3.92. The molecule has 4 rings (SSSR count). The molecule has 0 radical (unpaired) electrons. The molecule has 5 nitrogen and oxygen atoms in total. The lowest BCUT2D eigenvalue weighted by Gasteiger charge is -2.25. The van der Waals surface area contributed by atoms with Crippen molar-refractivity contribution in [1.82, 2.24) is 14.9 Å². The Morgan fingerprint density at radius 3 is 2.67 bits per heavy atom. The maximum absolute atomic E-state index is 14.6. The van der Waals surface area contributed by atoms with Crippen LogP contribution in [-0.4, -0.2) is 22.6 Å². The van der Waals surface area contributed by atoms with Crippen LogP contribution in [0.15, 0.2) is 47.5 Å². The quantitative estimate of drug-likeness (QED) is 0.640. The number of nitrogens with zero attached hydrogens (tertiary/aromatic N) is 2. The zero-order valence-electron chi connectivity index (χ0n) is 16.5. The number of rotatable bonds is 5. The van der Waals surface area contributed by atoms with Crippen LogP contribution in [0.1, 0.15) is 49.4 Å². The molecule has 158 valence electrons. The molecule has 1 aliphatic heterocycles. The van der Waals surface area contributed by atoms with Gasteiger partial charge in [-0.2, -0.15) is 0 Å². The molecule has 1 aliphatic rings. The normalized spacial score (nSPS) is 16.2. The number of alkyl halides is 2. The van der Waals surface area contributed by atoms with Gasteiger partial charge in [0.25, 0.3) is 12.0 Å². The summed E-state index contributed by atoms with van der Waals surface area (Å²) in [6.45, 7) is 3.41. The van der Waals surface area contributed by atoms with Crippen molar-refractivity contribution in [2.45, 2.75) is 38.3 Å². The predicted octanol–water partition coefficient (Wildman–Crippen LogP) is 4.57. The predicted molar refractivity (Wildman–Crippen MR) is 111 cm³/mol. The van der Waals surface area contributed by atoms with Gasteiger partial charge in [-0.1, -0.05) is 18.2 Å². The van der Waals surface area contributed by atoms with E-state index in [1.54, 1.807) is 30.0 Å². The zero-order valence-corrected chi connectivity index (χ0v) is 16.5. The first-order valence-corrected chi connectivity index (χ1v) is 10.0. The summed E-state index contributed by atoms with van der Waals surface area (Å²) in [5, 5.41) is 7.22. The molecule has 30 heavy (non-hydrogen) atoms. The van der Waals surface area contributed by atoms with E-state index in [1.165, 1.54) is 18.2 Å². The molecule has 1 saturated heterocycles. The van der Waals surface area contributed by atoms with E-state index < -0.39 is 23.8 Å². The molecule has 0 aliphatic carbocycles. The summed E-state index contributed by atoms with van der Waals surface area (Å²) in [5.41, 5.74) is 0.633. The van der Waals surface area contributed by atoms with Crippen molar-refractivity contribution in [3.8, 4) is 0 Å². The summed E-state index contributed by atoms with van der Waals surface area (Å²) in [6, 6.07) is 6.80. The number of anilines is 1. The van der Waals surface area contributed by atoms with Gasteiger partial charge in [0.05, 0.1) is 17.1 Å². The largest absolute Gasteiger partial charge is 0.378 e. The van der Waals surface area contributed by atoms with Crippen molar-refractivity contribution in [3.63, 3.8) is 0 Å². The van der Waals surface area contributed by atoms with Crippen molar-refractivity contribution >= 4 is 16.6 Å². The monoisotopic (exact) mass is 416 g/mol. The first-order chi connectivity index (χ1) is 14.5. The van der Waals surface area contributed by atoms with Crippen LogP contribution in [0.5, 0.6) is 0 Å². The highest BCUT2D eigenvalue weighted by atomic mass is 19.3. The molecule has 0 saturated carbocycles. The van der Waals surface area contributed by atoms with Gasteiger partial charge in [0.15, 0.2) is 0 Å². The minimum atomic E-state index is -2.88. The van der Waals surface area contributed by atoms with E-state index in [1.807, 2.05) is 0 Å².